The molecule has 2 aromatic rings. The highest BCUT2D eigenvalue weighted by Crippen LogP contribution is 2.26. The van der Waals surface area contributed by atoms with Gasteiger partial charge >= 0.3 is 0 Å². The molecule has 1 aromatic carbocycles. The lowest BCUT2D eigenvalue weighted by Gasteiger charge is -2.17. The van der Waals surface area contributed by atoms with E-state index >= 15 is 0 Å². The summed E-state index contributed by atoms with van der Waals surface area (Å²) in [6.45, 7) is 6.51. The van der Waals surface area contributed by atoms with E-state index < -0.39 is 0 Å². The molecule has 1 unspecified atom stereocenters. The summed E-state index contributed by atoms with van der Waals surface area (Å²) in [6.07, 6.45) is 0. The van der Waals surface area contributed by atoms with Crippen LogP contribution in [0.15, 0.2) is 36.4 Å². The number of benzene rings is 1. The minimum absolute atomic E-state index is 0.0794. The van der Waals surface area contributed by atoms with E-state index in [1.165, 1.54) is 9.75 Å². The van der Waals surface area contributed by atoms with Crippen LogP contribution in [0, 0.1) is 6.92 Å². The van der Waals surface area contributed by atoms with Gasteiger partial charge in [-0.25, -0.2) is 0 Å². The number of nitrogens with one attached hydrogen (secondary N) is 1. The summed E-state index contributed by atoms with van der Waals surface area (Å²) in [5, 5.41) is 3.52. The van der Waals surface area contributed by atoms with Crippen LogP contribution in [0.1, 0.15) is 35.2 Å². The number of rotatable bonds is 5. The van der Waals surface area contributed by atoms with Crippen molar-refractivity contribution in [3.63, 3.8) is 0 Å². The molecule has 1 N–H and O–H groups in total. The average Bonchev–Trinajstić information content (AvgIpc) is 2.86. The Morgan fingerprint density at radius 3 is 2.71 bits per heavy atom. The molecule has 0 saturated heterocycles. The predicted molar refractivity (Wildman–Crippen MR) is 89.7 cm³/mol. The van der Waals surface area contributed by atoms with Gasteiger partial charge in [-0.3, -0.25) is 4.79 Å². The second kappa shape index (κ2) is 6.76. The lowest BCUT2D eigenvalue weighted by molar-refractivity contribution is -0.128. The van der Waals surface area contributed by atoms with Crippen molar-refractivity contribution >= 4 is 22.9 Å². The number of hydrogen-bond acceptors (Lipinski definition) is 3. The highest BCUT2D eigenvalue weighted by atomic mass is 32.1. The molecule has 1 amide bonds. The minimum Gasteiger partial charge on any atom is -0.378 e. The van der Waals surface area contributed by atoms with Crippen molar-refractivity contribution in [2.45, 2.75) is 33.4 Å². The fourth-order valence-corrected chi connectivity index (χ4v) is 3.03. The zero-order chi connectivity index (χ0) is 15.4. The SMILES string of the molecule is CC(=O)N(C)Cc1cccc(NC(C)c2ccc(C)s2)c1. The summed E-state index contributed by atoms with van der Waals surface area (Å²) in [5.41, 5.74) is 2.22. The zero-order valence-electron chi connectivity index (χ0n) is 13.0. The lowest BCUT2D eigenvalue weighted by atomic mass is 10.1. The summed E-state index contributed by atoms with van der Waals surface area (Å²) in [5.74, 6) is 0.0794. The van der Waals surface area contributed by atoms with E-state index in [-0.39, 0.29) is 11.9 Å². The number of anilines is 1. The lowest BCUT2D eigenvalue weighted by Crippen LogP contribution is -2.23. The number of carbonyl (C=O) groups excluding carboxylic acids is 1. The van der Waals surface area contributed by atoms with Crippen LogP contribution in [0.3, 0.4) is 0 Å². The number of nitrogens with zero attached hydrogens (tertiary/aromatic N) is 1. The molecule has 2 rings (SSSR count). The molecule has 0 bridgehead atoms. The van der Waals surface area contributed by atoms with Gasteiger partial charge < -0.3 is 10.2 Å². The molecular weight excluding hydrogens is 280 g/mol. The number of amides is 1. The highest BCUT2D eigenvalue weighted by molar-refractivity contribution is 7.12. The first kappa shape index (κ1) is 15.6. The molecule has 0 fully saturated rings. The van der Waals surface area contributed by atoms with Crippen LogP contribution >= 0.6 is 11.3 Å². The van der Waals surface area contributed by atoms with E-state index in [1.54, 1.807) is 11.8 Å². The summed E-state index contributed by atoms with van der Waals surface area (Å²) in [6, 6.07) is 12.8. The maximum Gasteiger partial charge on any atom is 0.219 e. The normalized spacial score (nSPS) is 12.0. The molecule has 1 atom stereocenters. The summed E-state index contributed by atoms with van der Waals surface area (Å²) >= 11 is 1.82. The van der Waals surface area contributed by atoms with Gasteiger partial charge in [-0.15, -0.1) is 11.3 Å². The first-order valence-corrected chi connectivity index (χ1v) is 7.91. The van der Waals surface area contributed by atoms with E-state index in [0.29, 0.717) is 6.54 Å². The fraction of sp³-hybridized carbons (Fsp3) is 0.353. The van der Waals surface area contributed by atoms with Gasteiger partial charge in [0.05, 0.1) is 6.04 Å². The van der Waals surface area contributed by atoms with E-state index in [0.717, 1.165) is 11.3 Å². The number of aryl methyl sites for hydroxylation is 1. The Labute approximate surface area is 130 Å². The molecule has 21 heavy (non-hydrogen) atoms. The molecule has 0 aliphatic carbocycles. The third-order valence-corrected chi connectivity index (χ3v) is 4.64. The van der Waals surface area contributed by atoms with Crippen molar-refractivity contribution in [3.05, 3.63) is 51.7 Å². The van der Waals surface area contributed by atoms with E-state index in [2.05, 4.69) is 43.4 Å². The first-order chi connectivity index (χ1) is 9.95. The van der Waals surface area contributed by atoms with Crippen LogP contribution < -0.4 is 5.32 Å². The molecular formula is C17H22N2OS. The third-order valence-electron chi connectivity index (χ3n) is 3.46. The number of thiophene rings is 1. The van der Waals surface area contributed by atoms with E-state index in [4.69, 9.17) is 0 Å². The van der Waals surface area contributed by atoms with Crippen LogP contribution in [0.25, 0.3) is 0 Å². The fourth-order valence-electron chi connectivity index (χ4n) is 2.15. The van der Waals surface area contributed by atoms with Crippen molar-refractivity contribution in [1.82, 2.24) is 4.90 Å². The van der Waals surface area contributed by atoms with Gasteiger partial charge in [-0.1, -0.05) is 12.1 Å². The molecule has 0 aliphatic heterocycles. The largest absolute Gasteiger partial charge is 0.378 e. The maximum atomic E-state index is 11.3. The topological polar surface area (TPSA) is 32.3 Å². The summed E-state index contributed by atoms with van der Waals surface area (Å²) in [4.78, 5) is 15.7. The van der Waals surface area contributed by atoms with Gasteiger partial charge in [-0.2, -0.15) is 0 Å². The third kappa shape index (κ3) is 4.33. The standard InChI is InChI=1S/C17H22N2OS/c1-12-8-9-17(21-12)13(2)18-16-7-5-6-15(10-16)11-19(4)14(3)20/h5-10,13,18H,11H2,1-4H3. The molecule has 0 radical (unpaired) electrons. The Morgan fingerprint density at radius 1 is 1.33 bits per heavy atom. The molecule has 112 valence electrons. The van der Waals surface area contributed by atoms with Crippen LogP contribution in [0.5, 0.6) is 0 Å². The maximum absolute atomic E-state index is 11.3. The smallest absolute Gasteiger partial charge is 0.219 e. The molecule has 0 aliphatic rings. The molecule has 0 spiro atoms. The van der Waals surface area contributed by atoms with Crippen molar-refractivity contribution < 1.29 is 4.79 Å². The molecule has 4 heteroatoms. The van der Waals surface area contributed by atoms with Crippen molar-refractivity contribution in [3.8, 4) is 0 Å². The van der Waals surface area contributed by atoms with E-state index in [1.807, 2.05) is 30.5 Å². The Morgan fingerprint density at radius 2 is 2.10 bits per heavy atom. The highest BCUT2D eigenvalue weighted by Gasteiger charge is 2.08. The second-order valence-electron chi connectivity index (χ2n) is 5.39. The molecule has 3 nitrogen and oxygen atoms in total. The Kier molecular flexibility index (Phi) is 5.02. The number of hydrogen-bond donors (Lipinski definition) is 1. The summed E-state index contributed by atoms with van der Waals surface area (Å²) < 4.78 is 0. The monoisotopic (exact) mass is 302 g/mol. The van der Waals surface area contributed by atoms with Crippen molar-refractivity contribution in [2.75, 3.05) is 12.4 Å². The van der Waals surface area contributed by atoms with Gasteiger partial charge in [0.2, 0.25) is 5.91 Å². The Bertz CT molecular complexity index is 621. The van der Waals surface area contributed by atoms with Crippen LogP contribution in [0.2, 0.25) is 0 Å². The second-order valence-corrected chi connectivity index (χ2v) is 6.71. The summed E-state index contributed by atoms with van der Waals surface area (Å²) in [7, 11) is 1.82. The van der Waals surface area contributed by atoms with E-state index in [9.17, 15) is 4.79 Å². The van der Waals surface area contributed by atoms with Crippen molar-refractivity contribution in [1.29, 1.82) is 0 Å². The predicted octanol–water partition coefficient (Wildman–Crippen LogP) is 4.21. The van der Waals surface area contributed by atoms with Gasteiger partial charge in [0.1, 0.15) is 0 Å². The molecule has 0 saturated carbocycles. The van der Waals surface area contributed by atoms with Crippen molar-refractivity contribution in [2.24, 2.45) is 0 Å². The minimum atomic E-state index is 0.0794. The van der Waals surface area contributed by atoms with Gasteiger partial charge in [0, 0.05) is 36.0 Å². The van der Waals surface area contributed by atoms with Crippen LogP contribution in [0.4, 0.5) is 5.69 Å². The quantitative estimate of drug-likeness (QED) is 0.897. The zero-order valence-corrected chi connectivity index (χ0v) is 13.8. The van der Waals surface area contributed by atoms with Gasteiger partial charge in [0.15, 0.2) is 0 Å². The van der Waals surface area contributed by atoms with Gasteiger partial charge in [0.25, 0.3) is 0 Å². The van der Waals surface area contributed by atoms with Gasteiger partial charge in [-0.05, 0) is 43.7 Å². The van der Waals surface area contributed by atoms with Crippen LogP contribution in [-0.2, 0) is 11.3 Å². The Balaban J connectivity index is 2.05. The molecule has 1 aromatic heterocycles. The average molecular weight is 302 g/mol. The molecule has 1 heterocycles. The van der Waals surface area contributed by atoms with Crippen LogP contribution in [-0.4, -0.2) is 17.9 Å². The Hall–Kier alpha value is -1.81. The first-order valence-electron chi connectivity index (χ1n) is 7.09. The number of carbonyl (C=O) groups is 1.